The number of halogens is 1. The second-order valence-electron chi connectivity index (χ2n) is 6.13. The van der Waals surface area contributed by atoms with Crippen LogP contribution in [0.2, 0.25) is 0 Å². The Labute approximate surface area is 127 Å². The van der Waals surface area contributed by atoms with Gasteiger partial charge >= 0.3 is 0 Å². The summed E-state index contributed by atoms with van der Waals surface area (Å²) >= 11 is 0. The maximum Gasteiger partial charge on any atom is 0.123 e. The van der Waals surface area contributed by atoms with Gasteiger partial charge in [-0.3, -0.25) is 4.90 Å². The second kappa shape index (κ2) is 7.76. The monoisotopic (exact) mass is 294 g/mol. The highest BCUT2D eigenvalue weighted by molar-refractivity contribution is 5.33. The van der Waals surface area contributed by atoms with Crippen LogP contribution >= 0.6 is 0 Å². The standard InChI is InChI=1S/C17H27FN2O/c1-13(2)20(12-16-6-4-5-9-19-16)11-14-10-15(18)7-8-17(14)21-3/h7-8,10,13,16,19H,4-6,9,11-12H2,1-3H3. The molecule has 0 bridgehead atoms. The van der Waals surface area contributed by atoms with Gasteiger partial charge in [-0.2, -0.15) is 0 Å². The third kappa shape index (κ3) is 4.68. The molecule has 4 heteroatoms. The molecule has 0 aliphatic carbocycles. The van der Waals surface area contributed by atoms with Gasteiger partial charge in [-0.25, -0.2) is 4.39 Å². The number of piperidine rings is 1. The number of rotatable bonds is 6. The Bertz CT molecular complexity index is 444. The van der Waals surface area contributed by atoms with Gasteiger partial charge in [-0.05, 0) is 51.4 Å². The predicted molar refractivity (Wildman–Crippen MR) is 84.1 cm³/mol. The molecule has 1 unspecified atom stereocenters. The number of hydrogen-bond donors (Lipinski definition) is 1. The molecule has 1 aromatic rings. The van der Waals surface area contributed by atoms with E-state index in [0.29, 0.717) is 12.1 Å². The van der Waals surface area contributed by atoms with Gasteiger partial charge in [0.05, 0.1) is 7.11 Å². The quantitative estimate of drug-likeness (QED) is 0.872. The molecule has 1 heterocycles. The van der Waals surface area contributed by atoms with Crippen LogP contribution in [0.1, 0.15) is 38.7 Å². The molecule has 1 N–H and O–H groups in total. The van der Waals surface area contributed by atoms with Crippen molar-refractivity contribution in [3.05, 3.63) is 29.6 Å². The van der Waals surface area contributed by atoms with Crippen LogP contribution in [-0.2, 0) is 6.54 Å². The van der Waals surface area contributed by atoms with E-state index in [1.165, 1.54) is 25.3 Å². The minimum absolute atomic E-state index is 0.203. The van der Waals surface area contributed by atoms with Crippen molar-refractivity contribution in [1.29, 1.82) is 0 Å². The maximum absolute atomic E-state index is 13.5. The SMILES string of the molecule is COc1ccc(F)cc1CN(CC1CCCCN1)C(C)C. The van der Waals surface area contributed by atoms with Crippen molar-refractivity contribution in [2.45, 2.75) is 51.7 Å². The zero-order valence-electron chi connectivity index (χ0n) is 13.4. The number of nitrogens with zero attached hydrogens (tertiary/aromatic N) is 1. The summed E-state index contributed by atoms with van der Waals surface area (Å²) in [5.41, 5.74) is 0.919. The first-order valence-electron chi connectivity index (χ1n) is 7.90. The Hall–Kier alpha value is -1.13. The summed E-state index contributed by atoms with van der Waals surface area (Å²) in [6.07, 6.45) is 3.80. The van der Waals surface area contributed by atoms with Crippen LogP contribution in [0.5, 0.6) is 5.75 Å². The number of methoxy groups -OCH3 is 1. The zero-order valence-corrected chi connectivity index (χ0v) is 13.4. The fraction of sp³-hybridized carbons (Fsp3) is 0.647. The molecule has 1 saturated heterocycles. The average Bonchev–Trinajstić information content (AvgIpc) is 2.48. The Morgan fingerprint density at radius 2 is 2.19 bits per heavy atom. The molecule has 0 radical (unpaired) electrons. The van der Waals surface area contributed by atoms with Crippen molar-refractivity contribution in [3.63, 3.8) is 0 Å². The molecular formula is C17H27FN2O. The molecule has 1 fully saturated rings. The highest BCUT2D eigenvalue weighted by atomic mass is 19.1. The number of nitrogens with one attached hydrogen (secondary N) is 1. The molecule has 0 spiro atoms. The van der Waals surface area contributed by atoms with Gasteiger partial charge in [-0.1, -0.05) is 6.42 Å². The molecule has 2 rings (SSSR count). The van der Waals surface area contributed by atoms with E-state index >= 15 is 0 Å². The lowest BCUT2D eigenvalue weighted by atomic mass is 10.0. The van der Waals surface area contributed by atoms with E-state index in [-0.39, 0.29) is 5.82 Å². The summed E-state index contributed by atoms with van der Waals surface area (Å²) in [4.78, 5) is 2.39. The van der Waals surface area contributed by atoms with Crippen LogP contribution in [-0.4, -0.2) is 37.2 Å². The van der Waals surface area contributed by atoms with Crippen molar-refractivity contribution in [3.8, 4) is 5.75 Å². The van der Waals surface area contributed by atoms with E-state index in [0.717, 1.165) is 30.9 Å². The highest BCUT2D eigenvalue weighted by Crippen LogP contribution is 2.22. The van der Waals surface area contributed by atoms with E-state index in [1.807, 2.05) is 0 Å². The van der Waals surface area contributed by atoms with E-state index in [4.69, 9.17) is 4.74 Å². The average molecular weight is 294 g/mol. The summed E-state index contributed by atoms with van der Waals surface area (Å²) in [7, 11) is 1.64. The van der Waals surface area contributed by atoms with Crippen molar-refractivity contribution in [2.24, 2.45) is 0 Å². The van der Waals surface area contributed by atoms with Crippen LogP contribution in [0.3, 0.4) is 0 Å². The highest BCUT2D eigenvalue weighted by Gasteiger charge is 2.20. The van der Waals surface area contributed by atoms with Gasteiger partial charge < -0.3 is 10.1 Å². The Morgan fingerprint density at radius 1 is 1.38 bits per heavy atom. The van der Waals surface area contributed by atoms with Gasteiger partial charge in [0, 0.05) is 30.7 Å². The normalized spacial score (nSPS) is 19.2. The number of ether oxygens (including phenoxy) is 1. The molecular weight excluding hydrogens is 267 g/mol. The molecule has 1 aliphatic heterocycles. The molecule has 0 aromatic heterocycles. The molecule has 0 saturated carbocycles. The van der Waals surface area contributed by atoms with E-state index in [2.05, 4.69) is 24.1 Å². The second-order valence-corrected chi connectivity index (χ2v) is 6.13. The lowest BCUT2D eigenvalue weighted by Crippen LogP contribution is -2.45. The molecule has 1 aromatic carbocycles. The predicted octanol–water partition coefficient (Wildman–Crippen LogP) is 3.19. The van der Waals surface area contributed by atoms with Crippen molar-refractivity contribution >= 4 is 0 Å². The third-order valence-corrected chi connectivity index (χ3v) is 4.21. The minimum atomic E-state index is -0.203. The summed E-state index contributed by atoms with van der Waals surface area (Å²) < 4.78 is 18.9. The van der Waals surface area contributed by atoms with E-state index in [9.17, 15) is 4.39 Å². The maximum atomic E-state index is 13.5. The Balaban J connectivity index is 2.06. The summed E-state index contributed by atoms with van der Waals surface area (Å²) in [6.45, 7) is 7.21. The first kappa shape index (κ1) is 16.2. The van der Waals surface area contributed by atoms with Gasteiger partial charge in [-0.15, -0.1) is 0 Å². The zero-order chi connectivity index (χ0) is 15.2. The number of hydrogen-bond acceptors (Lipinski definition) is 3. The van der Waals surface area contributed by atoms with Crippen LogP contribution in [0.15, 0.2) is 18.2 Å². The Morgan fingerprint density at radius 3 is 2.81 bits per heavy atom. The van der Waals surface area contributed by atoms with Crippen LogP contribution in [0.25, 0.3) is 0 Å². The van der Waals surface area contributed by atoms with Gasteiger partial charge in [0.15, 0.2) is 0 Å². The van der Waals surface area contributed by atoms with Gasteiger partial charge in [0.2, 0.25) is 0 Å². The molecule has 0 amide bonds. The molecule has 3 nitrogen and oxygen atoms in total. The van der Waals surface area contributed by atoms with Crippen molar-refractivity contribution < 1.29 is 9.13 Å². The smallest absolute Gasteiger partial charge is 0.123 e. The minimum Gasteiger partial charge on any atom is -0.496 e. The topological polar surface area (TPSA) is 24.5 Å². The molecule has 118 valence electrons. The summed E-state index contributed by atoms with van der Waals surface area (Å²) in [6, 6.07) is 5.71. The van der Waals surface area contributed by atoms with Gasteiger partial charge in [0.25, 0.3) is 0 Å². The van der Waals surface area contributed by atoms with Crippen LogP contribution < -0.4 is 10.1 Å². The number of benzene rings is 1. The van der Waals surface area contributed by atoms with E-state index < -0.39 is 0 Å². The first-order chi connectivity index (χ1) is 10.1. The molecule has 1 aliphatic rings. The van der Waals surface area contributed by atoms with Gasteiger partial charge in [0.1, 0.15) is 11.6 Å². The van der Waals surface area contributed by atoms with Crippen LogP contribution in [0.4, 0.5) is 4.39 Å². The molecule has 21 heavy (non-hydrogen) atoms. The fourth-order valence-electron chi connectivity index (χ4n) is 2.91. The van der Waals surface area contributed by atoms with Crippen molar-refractivity contribution in [1.82, 2.24) is 10.2 Å². The lowest BCUT2D eigenvalue weighted by molar-refractivity contribution is 0.175. The van der Waals surface area contributed by atoms with Crippen LogP contribution in [0, 0.1) is 5.82 Å². The largest absolute Gasteiger partial charge is 0.496 e. The van der Waals surface area contributed by atoms with Crippen molar-refractivity contribution in [2.75, 3.05) is 20.2 Å². The first-order valence-corrected chi connectivity index (χ1v) is 7.90. The third-order valence-electron chi connectivity index (χ3n) is 4.21. The fourth-order valence-corrected chi connectivity index (χ4v) is 2.91. The summed E-state index contributed by atoms with van der Waals surface area (Å²) in [5.74, 6) is 0.559. The molecule has 1 atom stereocenters. The Kier molecular flexibility index (Phi) is 6.00. The van der Waals surface area contributed by atoms with E-state index in [1.54, 1.807) is 19.2 Å². The lowest BCUT2D eigenvalue weighted by Gasteiger charge is -2.33. The summed E-state index contributed by atoms with van der Waals surface area (Å²) in [5, 5.41) is 3.58.